The second-order valence-electron chi connectivity index (χ2n) is 6.05. The molecule has 1 atom stereocenters. The van der Waals surface area contributed by atoms with Crippen LogP contribution in [0.25, 0.3) is 11.5 Å². The average Bonchev–Trinajstić information content (AvgIpc) is 3.01. The zero-order valence-corrected chi connectivity index (χ0v) is 15.0. The molecule has 0 fully saturated rings. The Morgan fingerprint density at radius 1 is 1.46 bits per heavy atom. The smallest absolute Gasteiger partial charge is 0.277 e. The van der Waals surface area contributed by atoms with Crippen molar-refractivity contribution in [2.24, 2.45) is 5.92 Å². The molecule has 126 valence electrons. The molecule has 1 amide bonds. The first kappa shape index (κ1) is 18.0. The standard InChI is InChI=1S/C17H20N4O2S/c1-11(2)17(4,10-18)19-14(22)9-24-16-21-20-15(23-16)13-7-5-6-12(3)8-13/h5-8,11H,9H2,1-4H3,(H,19,22)/t17-/m0/s1. The van der Waals surface area contributed by atoms with E-state index < -0.39 is 5.54 Å². The van der Waals surface area contributed by atoms with Gasteiger partial charge in [0.05, 0.1) is 11.8 Å². The minimum atomic E-state index is -0.890. The molecule has 2 rings (SSSR count). The minimum Gasteiger partial charge on any atom is -0.411 e. The summed E-state index contributed by atoms with van der Waals surface area (Å²) in [7, 11) is 0. The molecular formula is C17H20N4O2S. The van der Waals surface area contributed by atoms with Crippen LogP contribution in [0.3, 0.4) is 0 Å². The maximum Gasteiger partial charge on any atom is 0.277 e. The van der Waals surface area contributed by atoms with E-state index >= 15 is 0 Å². The Kier molecular flexibility index (Phi) is 5.62. The molecule has 24 heavy (non-hydrogen) atoms. The SMILES string of the molecule is Cc1cccc(-c2nnc(SCC(=O)N[C@@](C)(C#N)C(C)C)o2)c1. The van der Waals surface area contributed by atoms with E-state index in [1.54, 1.807) is 6.92 Å². The van der Waals surface area contributed by atoms with Gasteiger partial charge in [-0.3, -0.25) is 4.79 Å². The molecule has 1 heterocycles. The second kappa shape index (κ2) is 7.49. The number of rotatable bonds is 6. The summed E-state index contributed by atoms with van der Waals surface area (Å²) in [6, 6.07) is 9.90. The van der Waals surface area contributed by atoms with Gasteiger partial charge in [-0.2, -0.15) is 5.26 Å². The van der Waals surface area contributed by atoms with E-state index in [2.05, 4.69) is 21.6 Å². The highest BCUT2D eigenvalue weighted by molar-refractivity contribution is 7.99. The second-order valence-corrected chi connectivity index (χ2v) is 6.97. The number of carbonyl (C=O) groups is 1. The maximum atomic E-state index is 12.0. The molecule has 6 nitrogen and oxygen atoms in total. The molecule has 1 aromatic heterocycles. The van der Waals surface area contributed by atoms with E-state index in [4.69, 9.17) is 4.42 Å². The monoisotopic (exact) mass is 344 g/mol. The van der Waals surface area contributed by atoms with Crippen molar-refractivity contribution in [3.8, 4) is 17.5 Å². The van der Waals surface area contributed by atoms with Crippen molar-refractivity contribution in [1.29, 1.82) is 5.26 Å². The van der Waals surface area contributed by atoms with Crippen molar-refractivity contribution in [2.75, 3.05) is 5.75 Å². The molecule has 1 aromatic carbocycles. The predicted octanol–water partition coefficient (Wildman–Crippen LogP) is 3.19. The van der Waals surface area contributed by atoms with Crippen LogP contribution in [0.5, 0.6) is 0 Å². The third kappa shape index (κ3) is 4.36. The fraction of sp³-hybridized carbons (Fsp3) is 0.412. The predicted molar refractivity (Wildman–Crippen MR) is 92.2 cm³/mol. The molecular weight excluding hydrogens is 324 g/mol. The van der Waals surface area contributed by atoms with E-state index in [0.29, 0.717) is 11.1 Å². The number of aromatic nitrogens is 2. The summed E-state index contributed by atoms with van der Waals surface area (Å²) < 4.78 is 5.57. The number of hydrogen-bond acceptors (Lipinski definition) is 6. The van der Waals surface area contributed by atoms with Crippen LogP contribution in [0.15, 0.2) is 33.9 Å². The highest BCUT2D eigenvalue weighted by Gasteiger charge is 2.30. The lowest BCUT2D eigenvalue weighted by atomic mass is 9.90. The van der Waals surface area contributed by atoms with E-state index in [0.717, 1.165) is 22.9 Å². The summed E-state index contributed by atoms with van der Waals surface area (Å²) in [5.41, 5.74) is 1.05. The largest absolute Gasteiger partial charge is 0.411 e. The summed E-state index contributed by atoms with van der Waals surface area (Å²) in [6.07, 6.45) is 0. The molecule has 0 aliphatic carbocycles. The van der Waals surface area contributed by atoms with Gasteiger partial charge in [0.1, 0.15) is 5.54 Å². The average molecular weight is 344 g/mol. The lowest BCUT2D eigenvalue weighted by Crippen LogP contribution is -2.49. The van der Waals surface area contributed by atoms with Gasteiger partial charge in [-0.05, 0) is 31.9 Å². The molecule has 0 spiro atoms. The van der Waals surface area contributed by atoms with Crippen LogP contribution >= 0.6 is 11.8 Å². The van der Waals surface area contributed by atoms with E-state index in [-0.39, 0.29) is 17.6 Å². The Labute approximate surface area is 145 Å². The van der Waals surface area contributed by atoms with Crippen LogP contribution in [0.1, 0.15) is 26.3 Å². The van der Waals surface area contributed by atoms with Crippen molar-refractivity contribution >= 4 is 17.7 Å². The molecule has 0 saturated carbocycles. The van der Waals surface area contributed by atoms with Crippen molar-refractivity contribution in [3.63, 3.8) is 0 Å². The molecule has 0 unspecified atom stereocenters. The van der Waals surface area contributed by atoms with Gasteiger partial charge in [0.2, 0.25) is 11.8 Å². The Bertz CT molecular complexity index is 766. The molecule has 0 aliphatic heterocycles. The molecule has 0 saturated heterocycles. The lowest BCUT2D eigenvalue weighted by Gasteiger charge is -2.27. The third-order valence-corrected chi connectivity index (χ3v) is 4.60. The molecule has 1 N–H and O–H groups in total. The van der Waals surface area contributed by atoms with Gasteiger partial charge in [0, 0.05) is 5.56 Å². The molecule has 0 aliphatic rings. The van der Waals surface area contributed by atoms with Gasteiger partial charge in [-0.25, -0.2) is 0 Å². The number of nitrogens with zero attached hydrogens (tertiary/aromatic N) is 3. The number of benzene rings is 1. The maximum absolute atomic E-state index is 12.0. The quantitative estimate of drug-likeness (QED) is 0.809. The van der Waals surface area contributed by atoms with Crippen molar-refractivity contribution in [1.82, 2.24) is 15.5 Å². The normalized spacial score (nSPS) is 13.3. The first-order valence-electron chi connectivity index (χ1n) is 7.59. The summed E-state index contributed by atoms with van der Waals surface area (Å²) in [6.45, 7) is 7.48. The van der Waals surface area contributed by atoms with Gasteiger partial charge in [-0.15, -0.1) is 10.2 Å². The summed E-state index contributed by atoms with van der Waals surface area (Å²) in [5, 5.41) is 20.3. The minimum absolute atomic E-state index is 0.00720. The number of hydrogen-bond donors (Lipinski definition) is 1. The van der Waals surface area contributed by atoms with Gasteiger partial charge >= 0.3 is 0 Å². The summed E-state index contributed by atoms with van der Waals surface area (Å²) in [5.74, 6) is 0.297. The third-order valence-electron chi connectivity index (χ3n) is 3.78. The number of nitriles is 1. The fourth-order valence-corrected chi connectivity index (χ4v) is 2.48. The van der Waals surface area contributed by atoms with Crippen molar-refractivity contribution in [2.45, 2.75) is 38.5 Å². The van der Waals surface area contributed by atoms with Gasteiger partial charge in [0.25, 0.3) is 5.22 Å². The number of nitrogens with one attached hydrogen (secondary N) is 1. The zero-order chi connectivity index (χ0) is 17.7. The first-order chi connectivity index (χ1) is 11.3. The van der Waals surface area contributed by atoms with Gasteiger partial charge in [-0.1, -0.05) is 43.3 Å². The molecule has 0 radical (unpaired) electrons. The highest BCUT2D eigenvalue weighted by Crippen LogP contribution is 2.24. The number of carbonyl (C=O) groups excluding carboxylic acids is 1. The topological polar surface area (TPSA) is 91.8 Å². The highest BCUT2D eigenvalue weighted by atomic mass is 32.2. The fourth-order valence-electron chi connectivity index (χ4n) is 1.92. The van der Waals surface area contributed by atoms with Crippen molar-refractivity contribution in [3.05, 3.63) is 29.8 Å². The van der Waals surface area contributed by atoms with Crippen LogP contribution in [0.2, 0.25) is 0 Å². The Balaban J connectivity index is 1.96. The van der Waals surface area contributed by atoms with Crippen LogP contribution < -0.4 is 5.32 Å². The van der Waals surface area contributed by atoms with Crippen LogP contribution in [-0.2, 0) is 4.79 Å². The number of aryl methyl sites for hydroxylation is 1. The van der Waals surface area contributed by atoms with Crippen LogP contribution in [0.4, 0.5) is 0 Å². The molecule has 7 heteroatoms. The number of amides is 1. The van der Waals surface area contributed by atoms with Gasteiger partial charge in [0.15, 0.2) is 0 Å². The van der Waals surface area contributed by atoms with Crippen LogP contribution in [-0.4, -0.2) is 27.4 Å². The van der Waals surface area contributed by atoms with E-state index in [9.17, 15) is 10.1 Å². The first-order valence-corrected chi connectivity index (χ1v) is 8.58. The van der Waals surface area contributed by atoms with Crippen LogP contribution in [0, 0.1) is 24.2 Å². The molecule has 2 aromatic rings. The van der Waals surface area contributed by atoms with Crippen molar-refractivity contribution < 1.29 is 9.21 Å². The lowest BCUT2D eigenvalue weighted by molar-refractivity contribution is -0.120. The zero-order valence-electron chi connectivity index (χ0n) is 14.2. The Morgan fingerprint density at radius 3 is 2.83 bits per heavy atom. The Hall–Kier alpha value is -2.33. The Morgan fingerprint density at radius 2 is 2.21 bits per heavy atom. The number of thioether (sulfide) groups is 1. The van der Waals surface area contributed by atoms with E-state index in [1.165, 1.54) is 0 Å². The summed E-state index contributed by atoms with van der Waals surface area (Å²) in [4.78, 5) is 12.0. The molecule has 0 bridgehead atoms. The van der Waals surface area contributed by atoms with Gasteiger partial charge < -0.3 is 9.73 Å². The summed E-state index contributed by atoms with van der Waals surface area (Å²) >= 11 is 1.15. The van der Waals surface area contributed by atoms with E-state index in [1.807, 2.05) is 45.0 Å².